The second-order valence-electron chi connectivity index (χ2n) is 4.44. The van der Waals surface area contributed by atoms with E-state index in [0.29, 0.717) is 11.0 Å². The molecule has 0 saturated carbocycles. The molecule has 2 aromatic rings. The molecule has 0 spiro atoms. The molecule has 0 bridgehead atoms. The van der Waals surface area contributed by atoms with E-state index in [4.69, 9.17) is 5.11 Å². The second kappa shape index (κ2) is 5.67. The third-order valence-electron chi connectivity index (χ3n) is 2.67. The van der Waals surface area contributed by atoms with Crippen LogP contribution in [0.1, 0.15) is 31.2 Å². The molecule has 0 aromatic carbocycles. The molecule has 18 heavy (non-hydrogen) atoms. The fourth-order valence-corrected chi connectivity index (χ4v) is 2.72. The highest BCUT2D eigenvalue weighted by Crippen LogP contribution is 2.23. The summed E-state index contributed by atoms with van der Waals surface area (Å²) < 4.78 is 1.77. The largest absolute Gasteiger partial charge is 0.396 e. The first-order chi connectivity index (χ1) is 8.60. The summed E-state index contributed by atoms with van der Waals surface area (Å²) in [6.07, 6.45) is 1.78. The van der Waals surface area contributed by atoms with Crippen molar-refractivity contribution in [1.29, 1.82) is 0 Å². The number of aryl methyl sites for hydroxylation is 2. The molecule has 0 fully saturated rings. The SMILES string of the molecule is Cc1cc(C)n2nc(S[C@H](C)CCCO)nc2n1. The van der Waals surface area contributed by atoms with Crippen molar-refractivity contribution in [1.82, 2.24) is 19.6 Å². The fourth-order valence-electron chi connectivity index (χ4n) is 1.82. The molecule has 6 heteroatoms. The van der Waals surface area contributed by atoms with E-state index in [1.165, 1.54) is 0 Å². The third-order valence-corrected chi connectivity index (χ3v) is 3.70. The van der Waals surface area contributed by atoms with Crippen molar-refractivity contribution in [3.8, 4) is 0 Å². The van der Waals surface area contributed by atoms with Gasteiger partial charge in [-0.3, -0.25) is 0 Å². The van der Waals surface area contributed by atoms with Gasteiger partial charge in [-0.15, -0.1) is 5.10 Å². The van der Waals surface area contributed by atoms with Gasteiger partial charge in [0.2, 0.25) is 5.16 Å². The van der Waals surface area contributed by atoms with Crippen LogP contribution in [0.3, 0.4) is 0 Å². The van der Waals surface area contributed by atoms with Crippen LogP contribution in [0.5, 0.6) is 0 Å². The molecule has 0 saturated heterocycles. The van der Waals surface area contributed by atoms with Crippen LogP contribution in [-0.4, -0.2) is 36.5 Å². The molecule has 0 unspecified atom stereocenters. The van der Waals surface area contributed by atoms with Gasteiger partial charge in [0.1, 0.15) is 0 Å². The van der Waals surface area contributed by atoms with Crippen LogP contribution in [0.15, 0.2) is 11.2 Å². The Morgan fingerprint density at radius 3 is 2.89 bits per heavy atom. The Hall–Kier alpha value is -1.14. The average Bonchev–Trinajstić information content (AvgIpc) is 2.69. The van der Waals surface area contributed by atoms with Crippen molar-refractivity contribution in [3.05, 3.63) is 17.5 Å². The van der Waals surface area contributed by atoms with Crippen LogP contribution in [0.25, 0.3) is 5.78 Å². The Labute approximate surface area is 111 Å². The number of nitrogens with zero attached hydrogens (tertiary/aromatic N) is 4. The molecule has 2 heterocycles. The summed E-state index contributed by atoms with van der Waals surface area (Å²) in [5, 5.41) is 14.4. The zero-order valence-corrected chi connectivity index (χ0v) is 11.7. The van der Waals surface area contributed by atoms with Gasteiger partial charge in [0.05, 0.1) is 0 Å². The number of rotatable bonds is 5. The quantitative estimate of drug-likeness (QED) is 0.839. The number of hydrogen-bond donors (Lipinski definition) is 1. The Kier molecular flexibility index (Phi) is 4.19. The standard InChI is InChI=1S/C12H18N4OS/c1-8-7-9(2)16-11(13-8)14-12(15-16)18-10(3)5-4-6-17/h7,10,17H,4-6H2,1-3H3/t10-/m1/s1. The molecule has 0 aliphatic carbocycles. The van der Waals surface area contributed by atoms with E-state index in [-0.39, 0.29) is 6.61 Å². The van der Waals surface area contributed by atoms with Crippen LogP contribution in [0.2, 0.25) is 0 Å². The zero-order chi connectivity index (χ0) is 13.1. The van der Waals surface area contributed by atoms with Gasteiger partial charge in [0.25, 0.3) is 5.78 Å². The van der Waals surface area contributed by atoms with Gasteiger partial charge in [0, 0.05) is 23.2 Å². The molecule has 0 aliphatic heterocycles. The van der Waals surface area contributed by atoms with Gasteiger partial charge < -0.3 is 5.11 Å². The molecule has 5 nitrogen and oxygen atoms in total. The van der Waals surface area contributed by atoms with Crippen LogP contribution in [0, 0.1) is 13.8 Å². The second-order valence-corrected chi connectivity index (χ2v) is 5.84. The summed E-state index contributed by atoms with van der Waals surface area (Å²) in [5.74, 6) is 0.657. The predicted molar refractivity (Wildman–Crippen MR) is 71.9 cm³/mol. The normalized spacial score (nSPS) is 13.1. The lowest BCUT2D eigenvalue weighted by atomic mass is 10.3. The third kappa shape index (κ3) is 3.00. The summed E-state index contributed by atoms with van der Waals surface area (Å²) in [5.41, 5.74) is 2.00. The van der Waals surface area contributed by atoms with Crippen molar-refractivity contribution in [2.75, 3.05) is 6.61 Å². The molecular formula is C12H18N4OS. The maximum Gasteiger partial charge on any atom is 0.253 e. The number of aliphatic hydroxyl groups is 1. The first-order valence-electron chi connectivity index (χ1n) is 6.08. The minimum atomic E-state index is 0.239. The number of hydrogen-bond acceptors (Lipinski definition) is 5. The molecule has 0 amide bonds. The van der Waals surface area contributed by atoms with E-state index in [2.05, 4.69) is 22.0 Å². The smallest absolute Gasteiger partial charge is 0.253 e. The van der Waals surface area contributed by atoms with Gasteiger partial charge in [-0.2, -0.15) is 4.98 Å². The highest BCUT2D eigenvalue weighted by atomic mass is 32.2. The van der Waals surface area contributed by atoms with Gasteiger partial charge in [-0.1, -0.05) is 18.7 Å². The Bertz CT molecular complexity index is 540. The minimum Gasteiger partial charge on any atom is -0.396 e. The maximum absolute atomic E-state index is 8.81. The van der Waals surface area contributed by atoms with Crippen LogP contribution in [0.4, 0.5) is 0 Å². The minimum absolute atomic E-state index is 0.239. The van der Waals surface area contributed by atoms with E-state index >= 15 is 0 Å². The fraction of sp³-hybridized carbons (Fsp3) is 0.583. The first-order valence-corrected chi connectivity index (χ1v) is 6.96. The van der Waals surface area contributed by atoms with Crippen LogP contribution < -0.4 is 0 Å². The van der Waals surface area contributed by atoms with Crippen molar-refractivity contribution in [3.63, 3.8) is 0 Å². The van der Waals surface area contributed by atoms with Crippen LogP contribution in [-0.2, 0) is 0 Å². The molecule has 0 radical (unpaired) electrons. The van der Waals surface area contributed by atoms with Crippen molar-refractivity contribution in [2.24, 2.45) is 0 Å². The lowest BCUT2D eigenvalue weighted by Gasteiger charge is -2.05. The Morgan fingerprint density at radius 1 is 1.39 bits per heavy atom. The summed E-state index contributed by atoms with van der Waals surface area (Å²) in [7, 11) is 0. The number of fused-ring (bicyclic) bond motifs is 1. The van der Waals surface area contributed by atoms with Gasteiger partial charge in [-0.25, -0.2) is 9.50 Å². The Morgan fingerprint density at radius 2 is 2.17 bits per heavy atom. The van der Waals surface area contributed by atoms with Gasteiger partial charge in [-0.05, 0) is 32.8 Å². The van der Waals surface area contributed by atoms with Crippen LogP contribution >= 0.6 is 11.8 Å². The summed E-state index contributed by atoms with van der Waals surface area (Å²) in [6, 6.07) is 1.99. The van der Waals surface area contributed by atoms with Crippen molar-refractivity contribution >= 4 is 17.5 Å². The Balaban J connectivity index is 2.17. The van der Waals surface area contributed by atoms with Gasteiger partial charge >= 0.3 is 0 Å². The molecule has 98 valence electrons. The molecule has 0 aliphatic rings. The average molecular weight is 266 g/mol. The van der Waals surface area contributed by atoms with E-state index in [0.717, 1.165) is 29.4 Å². The van der Waals surface area contributed by atoms with E-state index < -0.39 is 0 Å². The first kappa shape index (κ1) is 13.3. The predicted octanol–water partition coefficient (Wildman–Crippen LogP) is 1.99. The van der Waals surface area contributed by atoms with E-state index in [1.807, 2.05) is 19.9 Å². The highest BCUT2D eigenvalue weighted by Gasteiger charge is 2.11. The zero-order valence-electron chi connectivity index (χ0n) is 10.9. The van der Waals surface area contributed by atoms with E-state index in [9.17, 15) is 0 Å². The maximum atomic E-state index is 8.81. The molecule has 1 atom stereocenters. The summed E-state index contributed by atoms with van der Waals surface area (Å²) >= 11 is 1.63. The van der Waals surface area contributed by atoms with Crippen molar-refractivity contribution in [2.45, 2.75) is 44.0 Å². The van der Waals surface area contributed by atoms with Gasteiger partial charge in [0.15, 0.2) is 0 Å². The summed E-state index contributed by atoms with van der Waals surface area (Å²) in [6.45, 7) is 6.32. The topological polar surface area (TPSA) is 63.3 Å². The highest BCUT2D eigenvalue weighted by molar-refractivity contribution is 7.99. The monoisotopic (exact) mass is 266 g/mol. The number of thioether (sulfide) groups is 1. The lowest BCUT2D eigenvalue weighted by Crippen LogP contribution is -1.99. The molecule has 2 rings (SSSR count). The number of aromatic nitrogens is 4. The van der Waals surface area contributed by atoms with E-state index in [1.54, 1.807) is 16.3 Å². The van der Waals surface area contributed by atoms with Crippen molar-refractivity contribution < 1.29 is 5.11 Å². The molecule has 1 N–H and O–H groups in total. The lowest BCUT2D eigenvalue weighted by molar-refractivity contribution is 0.284. The summed E-state index contributed by atoms with van der Waals surface area (Å²) in [4.78, 5) is 8.79. The number of aliphatic hydroxyl groups excluding tert-OH is 1. The molecule has 2 aromatic heterocycles. The molecular weight excluding hydrogens is 248 g/mol.